The zero-order valence-electron chi connectivity index (χ0n) is 15.0. The third-order valence-corrected chi connectivity index (χ3v) is 6.73. The van der Waals surface area contributed by atoms with Gasteiger partial charge >= 0.3 is 6.09 Å². The predicted molar refractivity (Wildman–Crippen MR) is 102 cm³/mol. The SMILES string of the molecule is O=C(O)N1CCC2=C(C1)c1cc(-c3cnn(C4CCCCO4)c3)sc1CN2. The monoisotopic (exact) mass is 386 g/mol. The first-order valence-electron chi connectivity index (χ1n) is 9.42. The van der Waals surface area contributed by atoms with E-state index >= 15 is 0 Å². The van der Waals surface area contributed by atoms with Gasteiger partial charge in [-0.2, -0.15) is 5.10 Å². The van der Waals surface area contributed by atoms with Gasteiger partial charge in [-0.05, 0) is 36.5 Å². The van der Waals surface area contributed by atoms with Crippen LogP contribution in [0.15, 0.2) is 24.2 Å². The molecule has 0 aliphatic carbocycles. The Bertz CT molecular complexity index is 910. The minimum absolute atomic E-state index is 0.0422. The molecular formula is C19H22N4O3S. The van der Waals surface area contributed by atoms with E-state index in [0.717, 1.165) is 43.6 Å². The lowest BCUT2D eigenvalue weighted by atomic mass is 9.95. The van der Waals surface area contributed by atoms with E-state index in [9.17, 15) is 9.90 Å². The fourth-order valence-corrected chi connectivity index (χ4v) is 5.17. The molecule has 2 aromatic heterocycles. The summed E-state index contributed by atoms with van der Waals surface area (Å²) in [6.07, 6.45) is 7.23. The number of hydrogen-bond donors (Lipinski definition) is 2. The van der Waals surface area contributed by atoms with Gasteiger partial charge in [-0.1, -0.05) is 0 Å². The van der Waals surface area contributed by atoms with Gasteiger partial charge in [0.2, 0.25) is 0 Å². The Labute approximate surface area is 161 Å². The van der Waals surface area contributed by atoms with Crippen LogP contribution in [-0.4, -0.2) is 45.6 Å². The van der Waals surface area contributed by atoms with E-state index in [2.05, 4.69) is 22.7 Å². The lowest BCUT2D eigenvalue weighted by Crippen LogP contribution is -2.39. The van der Waals surface area contributed by atoms with Crippen LogP contribution in [0.5, 0.6) is 0 Å². The van der Waals surface area contributed by atoms with Gasteiger partial charge in [-0.3, -0.25) is 0 Å². The van der Waals surface area contributed by atoms with Crippen molar-refractivity contribution in [3.63, 3.8) is 0 Å². The quantitative estimate of drug-likeness (QED) is 0.826. The molecule has 142 valence electrons. The smallest absolute Gasteiger partial charge is 0.407 e. The zero-order chi connectivity index (χ0) is 18.4. The van der Waals surface area contributed by atoms with E-state index in [1.807, 2.05) is 10.9 Å². The van der Waals surface area contributed by atoms with Crippen LogP contribution in [0.4, 0.5) is 4.79 Å². The number of amides is 1. The molecule has 1 saturated heterocycles. The zero-order valence-corrected chi connectivity index (χ0v) is 15.8. The molecule has 5 rings (SSSR count). The van der Waals surface area contributed by atoms with Crippen molar-refractivity contribution in [2.45, 2.75) is 38.5 Å². The van der Waals surface area contributed by atoms with Crippen LogP contribution in [0.2, 0.25) is 0 Å². The van der Waals surface area contributed by atoms with Crippen LogP contribution in [0.3, 0.4) is 0 Å². The van der Waals surface area contributed by atoms with Crippen molar-refractivity contribution >= 4 is 23.0 Å². The fraction of sp³-hybridized carbons (Fsp3) is 0.474. The van der Waals surface area contributed by atoms with Crippen molar-refractivity contribution in [3.05, 3.63) is 34.6 Å². The maximum absolute atomic E-state index is 11.4. The molecule has 3 aliphatic rings. The number of ether oxygens (including phenoxy) is 1. The molecule has 1 atom stereocenters. The first kappa shape index (κ1) is 16.8. The van der Waals surface area contributed by atoms with Crippen LogP contribution < -0.4 is 5.32 Å². The van der Waals surface area contributed by atoms with Crippen molar-refractivity contribution in [1.29, 1.82) is 0 Å². The van der Waals surface area contributed by atoms with Crippen molar-refractivity contribution in [3.8, 4) is 10.4 Å². The normalized spacial score (nSPS) is 22.2. The fourth-order valence-electron chi connectivity index (χ4n) is 4.07. The second-order valence-electron chi connectivity index (χ2n) is 7.24. The Hall–Kier alpha value is -2.32. The molecule has 1 amide bonds. The molecule has 8 heteroatoms. The Kier molecular flexibility index (Phi) is 4.17. The van der Waals surface area contributed by atoms with Gasteiger partial charge in [0.25, 0.3) is 0 Å². The summed E-state index contributed by atoms with van der Waals surface area (Å²) < 4.78 is 7.76. The van der Waals surface area contributed by atoms with Crippen molar-refractivity contribution in [1.82, 2.24) is 20.0 Å². The highest BCUT2D eigenvalue weighted by atomic mass is 32.1. The van der Waals surface area contributed by atoms with E-state index in [0.29, 0.717) is 13.1 Å². The maximum atomic E-state index is 11.4. The minimum Gasteiger partial charge on any atom is -0.465 e. The molecule has 3 aliphatic heterocycles. The van der Waals surface area contributed by atoms with Crippen LogP contribution in [0.25, 0.3) is 16.0 Å². The minimum atomic E-state index is -0.849. The lowest BCUT2D eigenvalue weighted by molar-refractivity contribution is -0.0394. The number of carbonyl (C=O) groups is 1. The molecule has 0 aromatic carbocycles. The van der Waals surface area contributed by atoms with Gasteiger partial charge in [-0.15, -0.1) is 11.3 Å². The topological polar surface area (TPSA) is 79.6 Å². The van der Waals surface area contributed by atoms with Gasteiger partial charge in [-0.25, -0.2) is 9.48 Å². The van der Waals surface area contributed by atoms with Gasteiger partial charge in [0, 0.05) is 53.3 Å². The standard InChI is InChI=1S/C19H22N4O3S/c24-19(25)22-5-4-15-14(11-22)13-7-16(27-17(13)9-20-15)12-8-21-23(10-12)18-3-1-2-6-26-18/h7-8,10,18,20H,1-6,9,11H2,(H,24,25). The van der Waals surface area contributed by atoms with Crippen LogP contribution >= 0.6 is 11.3 Å². The van der Waals surface area contributed by atoms with Crippen molar-refractivity contribution in [2.75, 3.05) is 19.7 Å². The van der Waals surface area contributed by atoms with Crippen LogP contribution in [0, 0.1) is 0 Å². The van der Waals surface area contributed by atoms with Crippen LogP contribution in [-0.2, 0) is 11.3 Å². The molecule has 1 unspecified atom stereocenters. The number of carboxylic acid groups (broad SMARTS) is 1. The molecule has 0 bridgehead atoms. The highest BCUT2D eigenvalue weighted by molar-refractivity contribution is 7.15. The van der Waals surface area contributed by atoms with E-state index in [1.165, 1.54) is 32.3 Å². The summed E-state index contributed by atoms with van der Waals surface area (Å²) >= 11 is 1.76. The molecule has 5 heterocycles. The average molecular weight is 386 g/mol. The summed E-state index contributed by atoms with van der Waals surface area (Å²) in [4.78, 5) is 15.3. The first-order valence-corrected chi connectivity index (χ1v) is 10.2. The number of nitrogens with one attached hydrogen (secondary N) is 1. The summed E-state index contributed by atoms with van der Waals surface area (Å²) in [6, 6.07) is 2.20. The highest BCUT2D eigenvalue weighted by Crippen LogP contribution is 2.40. The van der Waals surface area contributed by atoms with Crippen LogP contribution in [0.1, 0.15) is 42.4 Å². The average Bonchev–Trinajstić information content (AvgIpc) is 3.35. The number of nitrogens with zero attached hydrogens (tertiary/aromatic N) is 3. The second kappa shape index (κ2) is 6.69. The number of hydrogen-bond acceptors (Lipinski definition) is 5. The Morgan fingerprint density at radius 2 is 2.33 bits per heavy atom. The lowest BCUT2D eigenvalue weighted by Gasteiger charge is -2.32. The van der Waals surface area contributed by atoms with Gasteiger partial charge < -0.3 is 20.1 Å². The Morgan fingerprint density at radius 3 is 3.15 bits per heavy atom. The third-order valence-electron chi connectivity index (χ3n) is 5.55. The van der Waals surface area contributed by atoms with E-state index in [1.54, 1.807) is 11.3 Å². The second-order valence-corrected chi connectivity index (χ2v) is 8.38. The molecule has 0 saturated carbocycles. The first-order chi connectivity index (χ1) is 13.2. The summed E-state index contributed by atoms with van der Waals surface area (Å²) in [6.45, 7) is 2.62. The Morgan fingerprint density at radius 1 is 1.41 bits per heavy atom. The third kappa shape index (κ3) is 3.02. The molecule has 2 aromatic rings. The maximum Gasteiger partial charge on any atom is 0.407 e. The van der Waals surface area contributed by atoms with E-state index in [-0.39, 0.29) is 6.23 Å². The number of fused-ring (bicyclic) bond motifs is 2. The molecule has 27 heavy (non-hydrogen) atoms. The molecule has 1 fully saturated rings. The van der Waals surface area contributed by atoms with Crippen molar-refractivity contribution < 1.29 is 14.6 Å². The van der Waals surface area contributed by atoms with E-state index in [4.69, 9.17) is 4.74 Å². The molecule has 0 radical (unpaired) electrons. The molecule has 7 nitrogen and oxygen atoms in total. The van der Waals surface area contributed by atoms with Gasteiger partial charge in [0.05, 0.1) is 12.7 Å². The largest absolute Gasteiger partial charge is 0.465 e. The van der Waals surface area contributed by atoms with Gasteiger partial charge in [0.15, 0.2) is 0 Å². The molecule has 2 N–H and O–H groups in total. The molecular weight excluding hydrogens is 364 g/mol. The van der Waals surface area contributed by atoms with Gasteiger partial charge in [0.1, 0.15) is 6.23 Å². The number of aromatic nitrogens is 2. The van der Waals surface area contributed by atoms with E-state index < -0.39 is 6.09 Å². The number of thiophene rings is 1. The summed E-state index contributed by atoms with van der Waals surface area (Å²) in [5, 5.41) is 17.4. The summed E-state index contributed by atoms with van der Waals surface area (Å²) in [5.74, 6) is 0. The summed E-state index contributed by atoms with van der Waals surface area (Å²) in [7, 11) is 0. The highest BCUT2D eigenvalue weighted by Gasteiger charge is 2.29. The number of rotatable bonds is 2. The molecule has 0 spiro atoms. The predicted octanol–water partition coefficient (Wildman–Crippen LogP) is 3.51. The summed E-state index contributed by atoms with van der Waals surface area (Å²) in [5.41, 5.74) is 4.60. The Balaban J connectivity index is 1.43. The van der Waals surface area contributed by atoms with Crippen molar-refractivity contribution in [2.24, 2.45) is 0 Å².